The van der Waals surface area contributed by atoms with Gasteiger partial charge in [-0.2, -0.15) is 0 Å². The third-order valence-corrected chi connectivity index (χ3v) is 4.02. The van der Waals surface area contributed by atoms with Gasteiger partial charge in [0.1, 0.15) is 11.5 Å². The van der Waals surface area contributed by atoms with E-state index in [2.05, 4.69) is 12.2 Å². The van der Waals surface area contributed by atoms with Gasteiger partial charge in [-0.1, -0.05) is 6.92 Å². The van der Waals surface area contributed by atoms with Crippen molar-refractivity contribution in [3.63, 3.8) is 0 Å². The number of hydrogen-bond acceptors (Lipinski definition) is 4. The van der Waals surface area contributed by atoms with Gasteiger partial charge in [0, 0.05) is 13.1 Å². The van der Waals surface area contributed by atoms with Gasteiger partial charge in [-0.25, -0.2) is 0 Å². The minimum absolute atomic E-state index is 0.0668. The van der Waals surface area contributed by atoms with Gasteiger partial charge in [-0.3, -0.25) is 4.79 Å². The normalized spacial score (nSPS) is 17.8. The maximum atomic E-state index is 12.3. The molecule has 1 fully saturated rings. The first-order valence-electron chi connectivity index (χ1n) is 8.51. The molecule has 2 rings (SSSR count). The van der Waals surface area contributed by atoms with Crippen LogP contribution in [-0.4, -0.2) is 50.7 Å². The molecule has 1 aliphatic heterocycles. The van der Waals surface area contributed by atoms with Crippen LogP contribution >= 0.6 is 0 Å². The van der Waals surface area contributed by atoms with Crippen LogP contribution in [-0.2, 0) is 4.79 Å². The van der Waals surface area contributed by atoms with Crippen molar-refractivity contribution in [2.45, 2.75) is 26.2 Å². The monoisotopic (exact) mass is 320 g/mol. The van der Waals surface area contributed by atoms with E-state index in [1.165, 1.54) is 6.42 Å². The van der Waals surface area contributed by atoms with E-state index in [4.69, 9.17) is 9.47 Å². The van der Waals surface area contributed by atoms with Gasteiger partial charge < -0.3 is 19.7 Å². The lowest BCUT2D eigenvalue weighted by molar-refractivity contribution is -0.135. The fraction of sp³-hybridized carbons (Fsp3) is 0.611. The number of carbonyl (C=O) groups excluding carboxylic acids is 1. The van der Waals surface area contributed by atoms with Gasteiger partial charge in [-0.15, -0.1) is 0 Å². The van der Waals surface area contributed by atoms with E-state index in [0.29, 0.717) is 18.3 Å². The van der Waals surface area contributed by atoms with Gasteiger partial charge in [-0.05, 0) is 63.0 Å². The smallest absolute Gasteiger partial charge is 0.260 e. The average Bonchev–Trinajstić information content (AvgIpc) is 2.59. The van der Waals surface area contributed by atoms with Gasteiger partial charge in [0.25, 0.3) is 5.91 Å². The summed E-state index contributed by atoms with van der Waals surface area (Å²) in [5.74, 6) is 2.15. The molecule has 5 nitrogen and oxygen atoms in total. The Bertz CT molecular complexity index is 474. The Hall–Kier alpha value is -1.75. The number of nitrogens with zero attached hydrogens (tertiary/aromatic N) is 1. The predicted molar refractivity (Wildman–Crippen MR) is 91.0 cm³/mol. The summed E-state index contributed by atoms with van der Waals surface area (Å²) in [6.45, 7) is 5.51. The summed E-state index contributed by atoms with van der Waals surface area (Å²) in [6, 6.07) is 7.44. The number of benzene rings is 1. The molecule has 1 saturated heterocycles. The minimum atomic E-state index is 0.0668. The number of hydrogen-bond donors (Lipinski definition) is 1. The van der Waals surface area contributed by atoms with Crippen molar-refractivity contribution in [2.75, 3.05) is 39.9 Å². The lowest BCUT2D eigenvalue weighted by atomic mass is 9.98. The largest absolute Gasteiger partial charge is 0.494 e. The molecule has 0 aliphatic carbocycles. The van der Waals surface area contributed by atoms with Crippen LogP contribution in [0, 0.1) is 5.92 Å². The zero-order valence-corrected chi connectivity index (χ0v) is 14.2. The third-order valence-electron chi connectivity index (χ3n) is 4.02. The first kappa shape index (κ1) is 17.6. The Morgan fingerprint density at radius 3 is 2.61 bits per heavy atom. The number of nitrogens with one attached hydrogen (secondary N) is 1. The number of rotatable bonds is 8. The molecular formula is C18H28N2O3. The Balaban J connectivity index is 1.77. The minimum Gasteiger partial charge on any atom is -0.494 e. The molecule has 0 saturated carbocycles. The first-order valence-corrected chi connectivity index (χ1v) is 8.51. The topological polar surface area (TPSA) is 50.8 Å². The lowest BCUT2D eigenvalue weighted by Gasteiger charge is -2.32. The highest BCUT2D eigenvalue weighted by Crippen LogP contribution is 2.19. The van der Waals surface area contributed by atoms with E-state index < -0.39 is 0 Å². The van der Waals surface area contributed by atoms with Crippen molar-refractivity contribution in [2.24, 2.45) is 5.92 Å². The van der Waals surface area contributed by atoms with E-state index in [9.17, 15) is 4.79 Å². The van der Waals surface area contributed by atoms with Crippen LogP contribution in [0.3, 0.4) is 0 Å². The Kier molecular flexibility index (Phi) is 7.20. The number of ether oxygens (including phenoxy) is 2. The van der Waals surface area contributed by atoms with E-state index >= 15 is 0 Å². The molecule has 1 N–H and O–H groups in total. The van der Waals surface area contributed by atoms with Gasteiger partial charge >= 0.3 is 0 Å². The molecule has 1 aliphatic rings. The van der Waals surface area contributed by atoms with Crippen LogP contribution in [0.1, 0.15) is 26.2 Å². The Morgan fingerprint density at radius 1 is 1.26 bits per heavy atom. The number of amides is 1. The van der Waals surface area contributed by atoms with Crippen LogP contribution in [0.15, 0.2) is 24.3 Å². The standard InChI is InChI=1S/C18H28N2O3/c1-3-11-22-16-6-8-17(9-7-16)23-14-18(21)20-10-4-5-15(13-20)12-19-2/h6-9,15,19H,3-5,10-14H2,1-2H3. The fourth-order valence-electron chi connectivity index (χ4n) is 2.84. The molecule has 0 spiro atoms. The van der Waals surface area contributed by atoms with E-state index in [1.807, 2.05) is 36.2 Å². The molecule has 128 valence electrons. The highest BCUT2D eigenvalue weighted by Gasteiger charge is 2.23. The molecule has 0 radical (unpaired) electrons. The molecule has 1 aromatic rings. The quantitative estimate of drug-likeness (QED) is 0.798. The Labute approximate surface area is 139 Å². The van der Waals surface area contributed by atoms with E-state index in [0.717, 1.165) is 38.2 Å². The zero-order chi connectivity index (χ0) is 16.5. The van der Waals surface area contributed by atoms with Crippen LogP contribution in [0.25, 0.3) is 0 Å². The van der Waals surface area contributed by atoms with Crippen molar-refractivity contribution in [3.8, 4) is 11.5 Å². The molecule has 1 atom stereocenters. The third kappa shape index (κ3) is 5.75. The van der Waals surface area contributed by atoms with Gasteiger partial charge in [0.2, 0.25) is 0 Å². The van der Waals surface area contributed by atoms with Crippen LogP contribution in [0.5, 0.6) is 11.5 Å². The van der Waals surface area contributed by atoms with Crippen LogP contribution in [0.2, 0.25) is 0 Å². The number of carbonyl (C=O) groups is 1. The second kappa shape index (κ2) is 9.40. The van der Waals surface area contributed by atoms with Gasteiger partial charge in [0.15, 0.2) is 6.61 Å². The summed E-state index contributed by atoms with van der Waals surface area (Å²) in [4.78, 5) is 14.2. The predicted octanol–water partition coefficient (Wildman–Crippen LogP) is 2.31. The Morgan fingerprint density at radius 2 is 1.96 bits per heavy atom. The summed E-state index contributed by atoms with van der Waals surface area (Å²) < 4.78 is 11.1. The summed E-state index contributed by atoms with van der Waals surface area (Å²) in [5, 5.41) is 3.19. The fourth-order valence-corrected chi connectivity index (χ4v) is 2.84. The van der Waals surface area contributed by atoms with Gasteiger partial charge in [0.05, 0.1) is 6.61 Å². The second-order valence-corrected chi connectivity index (χ2v) is 6.01. The molecule has 23 heavy (non-hydrogen) atoms. The highest BCUT2D eigenvalue weighted by atomic mass is 16.5. The first-order chi connectivity index (χ1) is 11.2. The molecule has 1 amide bonds. The molecular weight excluding hydrogens is 292 g/mol. The number of piperidine rings is 1. The van der Waals surface area contributed by atoms with Crippen molar-refractivity contribution in [1.29, 1.82) is 0 Å². The molecule has 1 heterocycles. The van der Waals surface area contributed by atoms with Crippen LogP contribution < -0.4 is 14.8 Å². The maximum Gasteiger partial charge on any atom is 0.260 e. The second-order valence-electron chi connectivity index (χ2n) is 6.01. The number of likely N-dealkylation sites (tertiary alicyclic amines) is 1. The van der Waals surface area contributed by atoms with Crippen molar-refractivity contribution in [3.05, 3.63) is 24.3 Å². The van der Waals surface area contributed by atoms with E-state index in [1.54, 1.807) is 0 Å². The summed E-state index contributed by atoms with van der Waals surface area (Å²) in [5.41, 5.74) is 0. The summed E-state index contributed by atoms with van der Waals surface area (Å²) in [7, 11) is 1.96. The lowest BCUT2D eigenvalue weighted by Crippen LogP contribution is -2.44. The highest BCUT2D eigenvalue weighted by molar-refractivity contribution is 5.77. The molecule has 0 aromatic heterocycles. The molecule has 1 unspecified atom stereocenters. The summed E-state index contributed by atoms with van der Waals surface area (Å²) in [6.07, 6.45) is 3.24. The van der Waals surface area contributed by atoms with Crippen LogP contribution in [0.4, 0.5) is 0 Å². The SMILES string of the molecule is CCCOc1ccc(OCC(=O)N2CCCC(CNC)C2)cc1. The molecule has 1 aromatic carbocycles. The van der Waals surface area contributed by atoms with Crippen molar-refractivity contribution in [1.82, 2.24) is 10.2 Å². The molecule has 0 bridgehead atoms. The van der Waals surface area contributed by atoms with Crippen molar-refractivity contribution >= 4 is 5.91 Å². The zero-order valence-electron chi connectivity index (χ0n) is 14.2. The van der Waals surface area contributed by atoms with E-state index in [-0.39, 0.29) is 12.5 Å². The molecule has 5 heteroatoms. The average molecular weight is 320 g/mol. The van der Waals surface area contributed by atoms with Crippen molar-refractivity contribution < 1.29 is 14.3 Å². The maximum absolute atomic E-state index is 12.3. The summed E-state index contributed by atoms with van der Waals surface area (Å²) >= 11 is 0.